The van der Waals surface area contributed by atoms with Crippen molar-refractivity contribution in [1.82, 2.24) is 9.55 Å². The molecule has 5 aromatic carbocycles. The minimum atomic E-state index is 0.0423. The first-order valence-electron chi connectivity index (χ1n) is 17.9. The van der Waals surface area contributed by atoms with Crippen molar-refractivity contribution in [3.8, 4) is 27.9 Å². The molecule has 0 amide bonds. The van der Waals surface area contributed by atoms with Crippen molar-refractivity contribution in [3.05, 3.63) is 192 Å². The Hall–Kier alpha value is -5.99. The Morgan fingerprint density at radius 3 is 2.04 bits per heavy atom. The van der Waals surface area contributed by atoms with Gasteiger partial charge in [0.1, 0.15) is 0 Å². The summed E-state index contributed by atoms with van der Waals surface area (Å²) in [6.45, 7) is 0. The third-order valence-corrected chi connectivity index (χ3v) is 10.7. The minimum absolute atomic E-state index is 0.0423. The zero-order valence-electron chi connectivity index (χ0n) is 27.9. The van der Waals surface area contributed by atoms with Crippen molar-refractivity contribution in [3.63, 3.8) is 0 Å². The molecule has 0 saturated heterocycles. The van der Waals surface area contributed by atoms with Gasteiger partial charge in [-0.05, 0) is 118 Å². The molecule has 0 aliphatic heterocycles. The van der Waals surface area contributed by atoms with Crippen molar-refractivity contribution >= 4 is 33.0 Å². The van der Waals surface area contributed by atoms with Crippen molar-refractivity contribution in [2.24, 2.45) is 0 Å². The van der Waals surface area contributed by atoms with Crippen LogP contribution in [0.3, 0.4) is 0 Å². The number of benzene rings is 5. The van der Waals surface area contributed by atoms with Crippen LogP contribution < -0.4 is 0 Å². The number of pyridine rings is 1. The molecule has 50 heavy (non-hydrogen) atoms. The molecule has 3 aliphatic rings. The second-order valence-electron chi connectivity index (χ2n) is 13.7. The third-order valence-electron chi connectivity index (χ3n) is 10.7. The van der Waals surface area contributed by atoms with Crippen molar-refractivity contribution < 1.29 is 0 Å². The van der Waals surface area contributed by atoms with Gasteiger partial charge in [-0.25, -0.2) is 0 Å². The van der Waals surface area contributed by atoms with E-state index in [4.69, 9.17) is 4.98 Å². The summed E-state index contributed by atoms with van der Waals surface area (Å²) in [6.07, 6.45) is 18.2. The van der Waals surface area contributed by atoms with Crippen LogP contribution in [0.4, 0.5) is 0 Å². The average molecular weight is 641 g/mol. The van der Waals surface area contributed by atoms with Gasteiger partial charge in [0.05, 0.1) is 28.3 Å². The summed E-state index contributed by atoms with van der Waals surface area (Å²) in [6, 6.07) is 47.1. The smallest absolute Gasteiger partial charge is 0.0708 e. The highest BCUT2D eigenvalue weighted by Gasteiger charge is 2.32. The van der Waals surface area contributed by atoms with Crippen LogP contribution in [0.2, 0.25) is 0 Å². The predicted octanol–water partition coefficient (Wildman–Crippen LogP) is 12.5. The Kier molecular flexibility index (Phi) is 6.87. The highest BCUT2D eigenvalue weighted by Crippen LogP contribution is 2.49. The monoisotopic (exact) mass is 640 g/mol. The quantitative estimate of drug-likeness (QED) is 0.183. The number of hydrogen-bond acceptors (Lipinski definition) is 1. The summed E-state index contributed by atoms with van der Waals surface area (Å²) in [5.74, 6) is 0.0423. The van der Waals surface area contributed by atoms with E-state index < -0.39 is 0 Å². The molecule has 2 heterocycles. The van der Waals surface area contributed by atoms with Crippen molar-refractivity contribution in [1.29, 1.82) is 0 Å². The van der Waals surface area contributed by atoms with Gasteiger partial charge >= 0.3 is 0 Å². The molecule has 1 unspecified atom stereocenters. The van der Waals surface area contributed by atoms with Crippen LogP contribution in [-0.2, 0) is 0 Å². The van der Waals surface area contributed by atoms with E-state index in [1.807, 2.05) is 0 Å². The number of para-hydroxylation sites is 2. The first kappa shape index (κ1) is 29.0. The largest absolute Gasteiger partial charge is 0.309 e. The molecule has 0 bridgehead atoms. The summed E-state index contributed by atoms with van der Waals surface area (Å²) >= 11 is 0. The molecule has 238 valence electrons. The average Bonchev–Trinajstić information content (AvgIpc) is 3.71. The molecular weight excluding hydrogens is 605 g/mol. The summed E-state index contributed by atoms with van der Waals surface area (Å²) in [5, 5.41) is 2.54. The Morgan fingerprint density at radius 2 is 1.20 bits per heavy atom. The van der Waals surface area contributed by atoms with Gasteiger partial charge in [-0.3, -0.25) is 4.98 Å². The maximum atomic E-state index is 5.47. The molecule has 0 N–H and O–H groups in total. The Bertz CT molecular complexity index is 2540. The van der Waals surface area contributed by atoms with Gasteiger partial charge in [0.2, 0.25) is 0 Å². The Balaban J connectivity index is 1.16. The fourth-order valence-electron chi connectivity index (χ4n) is 8.36. The maximum Gasteiger partial charge on any atom is 0.0708 e. The van der Waals surface area contributed by atoms with Crippen LogP contribution >= 0.6 is 0 Å². The number of rotatable bonds is 5. The lowest BCUT2D eigenvalue weighted by molar-refractivity contribution is 0.936. The number of allylic oxidation sites excluding steroid dienone is 8. The molecule has 0 fully saturated rings. The molecule has 0 spiro atoms. The van der Waals surface area contributed by atoms with E-state index in [2.05, 4.69) is 168 Å². The standard InChI is InChI=1S/C48H36N2/c1-4-14-32(15-5-1)36-29-44(33-16-6-2-7-17-33)49-45(30-36)48-42-22-11-10-20-38(42)39-26-24-34(28-43(39)48)35-25-27-41-40-21-12-13-23-46(40)50(47(41)31-35)37-18-8-3-9-19-37/h3-4,6,8-31,48H,1-2,5,7H2. The molecule has 0 saturated carbocycles. The Labute approximate surface area is 293 Å². The highest BCUT2D eigenvalue weighted by molar-refractivity contribution is 6.10. The predicted molar refractivity (Wildman–Crippen MR) is 210 cm³/mol. The van der Waals surface area contributed by atoms with Crippen LogP contribution in [0.5, 0.6) is 0 Å². The number of nitrogens with zero attached hydrogens (tertiary/aromatic N) is 2. The molecule has 3 aliphatic carbocycles. The lowest BCUT2D eigenvalue weighted by Gasteiger charge is -2.19. The summed E-state index contributed by atoms with van der Waals surface area (Å²) < 4.78 is 2.40. The second-order valence-corrected chi connectivity index (χ2v) is 13.7. The third kappa shape index (κ3) is 4.75. The normalized spacial score (nSPS) is 16.4. The van der Waals surface area contributed by atoms with E-state index in [0.29, 0.717) is 0 Å². The van der Waals surface area contributed by atoms with Gasteiger partial charge in [0.15, 0.2) is 0 Å². The van der Waals surface area contributed by atoms with Crippen molar-refractivity contribution in [2.75, 3.05) is 0 Å². The fourth-order valence-corrected chi connectivity index (χ4v) is 8.36. The van der Waals surface area contributed by atoms with Crippen LogP contribution in [0.1, 0.15) is 59.7 Å². The number of hydrogen-bond donors (Lipinski definition) is 0. The SMILES string of the molecule is C1=CC(c2cc(C3=CCCC=C3)nc(C3c4ccccc4-c4ccc(-c5ccc6c7ccccc7n(-c7ccccc7)c6c5)cc43)c2)=CCC1. The molecule has 2 heteroatoms. The minimum Gasteiger partial charge on any atom is -0.309 e. The van der Waals surface area contributed by atoms with E-state index in [0.717, 1.165) is 37.1 Å². The number of aromatic nitrogens is 2. The summed E-state index contributed by atoms with van der Waals surface area (Å²) in [4.78, 5) is 5.47. The zero-order valence-corrected chi connectivity index (χ0v) is 27.9. The maximum absolute atomic E-state index is 5.47. The Morgan fingerprint density at radius 1 is 0.500 bits per heavy atom. The van der Waals surface area contributed by atoms with Gasteiger partial charge in [-0.2, -0.15) is 0 Å². The van der Waals surface area contributed by atoms with Gasteiger partial charge in [-0.1, -0.05) is 121 Å². The van der Waals surface area contributed by atoms with Crippen molar-refractivity contribution in [2.45, 2.75) is 31.6 Å². The lowest BCUT2D eigenvalue weighted by atomic mass is 9.88. The first-order valence-corrected chi connectivity index (χ1v) is 17.9. The second kappa shape index (κ2) is 11.9. The molecule has 7 aromatic rings. The first-order chi connectivity index (χ1) is 24.8. The zero-order chi connectivity index (χ0) is 33.0. The van der Waals surface area contributed by atoms with Crippen LogP contribution in [0.15, 0.2) is 164 Å². The van der Waals surface area contributed by atoms with Gasteiger partial charge < -0.3 is 4.57 Å². The summed E-state index contributed by atoms with van der Waals surface area (Å²) in [7, 11) is 0. The lowest BCUT2D eigenvalue weighted by Crippen LogP contribution is -2.06. The molecule has 1 atom stereocenters. The summed E-state index contributed by atoms with van der Waals surface area (Å²) in [5.41, 5.74) is 17.3. The molecular formula is C48H36N2. The van der Waals surface area contributed by atoms with Crippen LogP contribution in [0.25, 0.3) is 60.9 Å². The van der Waals surface area contributed by atoms with Gasteiger partial charge in [0, 0.05) is 16.5 Å². The molecule has 2 nitrogen and oxygen atoms in total. The van der Waals surface area contributed by atoms with E-state index in [1.165, 1.54) is 77.6 Å². The molecule has 0 radical (unpaired) electrons. The van der Waals surface area contributed by atoms with Crippen LogP contribution in [-0.4, -0.2) is 9.55 Å². The van der Waals surface area contributed by atoms with Crippen LogP contribution in [0, 0.1) is 0 Å². The van der Waals surface area contributed by atoms with E-state index in [9.17, 15) is 0 Å². The van der Waals surface area contributed by atoms with E-state index in [-0.39, 0.29) is 5.92 Å². The van der Waals surface area contributed by atoms with E-state index >= 15 is 0 Å². The van der Waals surface area contributed by atoms with Gasteiger partial charge in [-0.15, -0.1) is 0 Å². The fraction of sp³-hybridized carbons (Fsp3) is 0.104. The molecule has 10 rings (SSSR count). The topological polar surface area (TPSA) is 17.8 Å². The van der Waals surface area contributed by atoms with Gasteiger partial charge in [0.25, 0.3) is 0 Å². The van der Waals surface area contributed by atoms with E-state index in [1.54, 1.807) is 0 Å². The number of fused-ring (bicyclic) bond motifs is 6. The highest BCUT2D eigenvalue weighted by atomic mass is 15.0. The molecule has 2 aromatic heterocycles.